The first-order chi connectivity index (χ1) is 6.90. The fourth-order valence-corrected chi connectivity index (χ4v) is 1.69. The largest absolute Gasteiger partial charge is 0.242 e. The highest BCUT2D eigenvalue weighted by atomic mass is 32.2. The van der Waals surface area contributed by atoms with E-state index in [0.29, 0.717) is 0 Å². The van der Waals surface area contributed by atoms with Crippen LogP contribution in [0.25, 0.3) is 0 Å². The molecule has 0 aliphatic carbocycles. The van der Waals surface area contributed by atoms with Gasteiger partial charge >= 0.3 is 0 Å². The van der Waals surface area contributed by atoms with Crippen molar-refractivity contribution in [2.75, 3.05) is 5.75 Å². The molecule has 0 aromatic heterocycles. The molecule has 84 valence electrons. The predicted octanol–water partition coefficient (Wildman–Crippen LogP) is 1.51. The molecule has 1 aromatic rings. The van der Waals surface area contributed by atoms with Crippen LogP contribution in [-0.2, 0) is 10.0 Å². The van der Waals surface area contributed by atoms with Crippen LogP contribution < -0.4 is 5.14 Å². The SMILES string of the molecule is NS(=O)(=O)CC[C@H](F)c1ccccc1F. The smallest absolute Gasteiger partial charge is 0.209 e. The van der Waals surface area contributed by atoms with Gasteiger partial charge in [0.2, 0.25) is 10.0 Å². The summed E-state index contributed by atoms with van der Waals surface area (Å²) in [6.45, 7) is 0. The van der Waals surface area contributed by atoms with Crippen molar-refractivity contribution in [1.82, 2.24) is 0 Å². The lowest BCUT2D eigenvalue weighted by molar-refractivity contribution is 0.324. The van der Waals surface area contributed by atoms with Crippen molar-refractivity contribution in [1.29, 1.82) is 0 Å². The third-order valence-corrected chi connectivity index (χ3v) is 2.70. The number of hydrogen-bond acceptors (Lipinski definition) is 2. The standard InChI is InChI=1S/C9H11F2NO2S/c10-8-4-2-1-3-7(8)9(11)5-6-15(12,13)14/h1-4,9H,5-6H2,(H2,12,13,14)/t9-/m0/s1. The van der Waals surface area contributed by atoms with Gasteiger partial charge in [0.15, 0.2) is 0 Å². The van der Waals surface area contributed by atoms with Gasteiger partial charge in [-0.25, -0.2) is 22.3 Å². The summed E-state index contributed by atoms with van der Waals surface area (Å²) < 4.78 is 47.5. The fraction of sp³-hybridized carbons (Fsp3) is 0.333. The molecule has 2 N–H and O–H groups in total. The maximum absolute atomic E-state index is 13.4. The quantitative estimate of drug-likeness (QED) is 0.860. The van der Waals surface area contributed by atoms with Gasteiger partial charge in [-0.15, -0.1) is 0 Å². The summed E-state index contributed by atoms with van der Waals surface area (Å²) in [4.78, 5) is 0. The van der Waals surface area contributed by atoms with Crippen molar-refractivity contribution < 1.29 is 17.2 Å². The number of rotatable bonds is 4. The maximum Gasteiger partial charge on any atom is 0.209 e. The van der Waals surface area contributed by atoms with Crippen LogP contribution in [0, 0.1) is 5.82 Å². The van der Waals surface area contributed by atoms with Crippen LogP contribution in [0.15, 0.2) is 24.3 Å². The average molecular weight is 235 g/mol. The number of hydrogen-bond donors (Lipinski definition) is 1. The molecule has 0 aliphatic rings. The Morgan fingerprint density at radius 3 is 2.47 bits per heavy atom. The Hall–Kier alpha value is -1.01. The first-order valence-electron chi connectivity index (χ1n) is 4.29. The van der Waals surface area contributed by atoms with Gasteiger partial charge in [0, 0.05) is 5.56 Å². The normalized spacial score (nSPS) is 13.8. The molecule has 15 heavy (non-hydrogen) atoms. The molecule has 0 amide bonds. The van der Waals surface area contributed by atoms with Crippen LogP contribution >= 0.6 is 0 Å². The molecule has 0 fully saturated rings. The second-order valence-electron chi connectivity index (χ2n) is 3.14. The van der Waals surface area contributed by atoms with E-state index in [2.05, 4.69) is 0 Å². The minimum atomic E-state index is -3.70. The zero-order valence-electron chi connectivity index (χ0n) is 7.86. The molecule has 0 saturated carbocycles. The lowest BCUT2D eigenvalue weighted by Crippen LogP contribution is -2.17. The molecule has 0 heterocycles. The Labute approximate surface area is 87.0 Å². The molecule has 1 rings (SSSR count). The summed E-state index contributed by atoms with van der Waals surface area (Å²) >= 11 is 0. The summed E-state index contributed by atoms with van der Waals surface area (Å²) in [5.74, 6) is -1.18. The Morgan fingerprint density at radius 1 is 1.33 bits per heavy atom. The second kappa shape index (κ2) is 4.67. The van der Waals surface area contributed by atoms with Gasteiger partial charge < -0.3 is 0 Å². The third kappa shape index (κ3) is 3.93. The zero-order chi connectivity index (χ0) is 11.5. The number of alkyl halides is 1. The molecule has 0 bridgehead atoms. The van der Waals surface area contributed by atoms with Crippen LogP contribution in [0.2, 0.25) is 0 Å². The van der Waals surface area contributed by atoms with E-state index in [9.17, 15) is 17.2 Å². The topological polar surface area (TPSA) is 60.2 Å². The lowest BCUT2D eigenvalue weighted by Gasteiger charge is -2.08. The van der Waals surface area contributed by atoms with E-state index in [1.807, 2.05) is 0 Å². The summed E-state index contributed by atoms with van der Waals surface area (Å²) in [6.07, 6.45) is -1.98. The van der Waals surface area contributed by atoms with E-state index in [1.54, 1.807) is 0 Å². The van der Waals surface area contributed by atoms with Gasteiger partial charge in [0.25, 0.3) is 0 Å². The molecule has 3 nitrogen and oxygen atoms in total. The number of primary sulfonamides is 1. The Bertz CT molecular complexity index is 433. The van der Waals surface area contributed by atoms with Crippen LogP contribution in [0.3, 0.4) is 0 Å². The van der Waals surface area contributed by atoms with Crippen LogP contribution in [0.5, 0.6) is 0 Å². The summed E-state index contributed by atoms with van der Waals surface area (Å²) in [6, 6.07) is 5.33. The minimum Gasteiger partial charge on any atom is -0.242 e. The number of halogens is 2. The molecule has 0 spiro atoms. The van der Waals surface area contributed by atoms with E-state index in [0.717, 1.165) is 6.07 Å². The highest BCUT2D eigenvalue weighted by Crippen LogP contribution is 2.23. The van der Waals surface area contributed by atoms with Gasteiger partial charge in [0.05, 0.1) is 5.75 Å². The van der Waals surface area contributed by atoms with E-state index in [-0.39, 0.29) is 12.0 Å². The average Bonchev–Trinajstić information content (AvgIpc) is 2.14. The van der Waals surface area contributed by atoms with Gasteiger partial charge in [0.1, 0.15) is 12.0 Å². The Morgan fingerprint density at radius 2 is 1.93 bits per heavy atom. The fourth-order valence-electron chi connectivity index (χ4n) is 1.15. The monoisotopic (exact) mass is 235 g/mol. The zero-order valence-corrected chi connectivity index (χ0v) is 8.68. The van der Waals surface area contributed by atoms with E-state index < -0.39 is 27.8 Å². The van der Waals surface area contributed by atoms with Gasteiger partial charge in [-0.3, -0.25) is 0 Å². The Kier molecular flexibility index (Phi) is 3.76. The summed E-state index contributed by atoms with van der Waals surface area (Å²) in [7, 11) is -3.70. The number of benzene rings is 1. The minimum absolute atomic E-state index is 0.138. The molecule has 0 unspecified atom stereocenters. The predicted molar refractivity (Wildman–Crippen MR) is 52.8 cm³/mol. The first-order valence-corrected chi connectivity index (χ1v) is 6.00. The number of nitrogens with two attached hydrogens (primary N) is 1. The Balaban J connectivity index is 2.70. The molecular weight excluding hydrogens is 224 g/mol. The second-order valence-corrected chi connectivity index (χ2v) is 4.88. The molecule has 1 atom stereocenters. The molecule has 1 aromatic carbocycles. The van der Waals surface area contributed by atoms with Crippen molar-refractivity contribution in [3.63, 3.8) is 0 Å². The van der Waals surface area contributed by atoms with Crippen LogP contribution in [0.4, 0.5) is 8.78 Å². The van der Waals surface area contributed by atoms with Gasteiger partial charge in [-0.05, 0) is 12.5 Å². The van der Waals surface area contributed by atoms with Gasteiger partial charge in [-0.1, -0.05) is 18.2 Å². The van der Waals surface area contributed by atoms with Crippen molar-refractivity contribution >= 4 is 10.0 Å². The van der Waals surface area contributed by atoms with Crippen molar-refractivity contribution in [2.45, 2.75) is 12.6 Å². The first kappa shape index (κ1) is 12.1. The van der Waals surface area contributed by atoms with E-state index in [4.69, 9.17) is 5.14 Å². The highest BCUT2D eigenvalue weighted by molar-refractivity contribution is 7.89. The number of sulfonamides is 1. The lowest BCUT2D eigenvalue weighted by atomic mass is 10.1. The van der Waals surface area contributed by atoms with E-state index >= 15 is 0 Å². The van der Waals surface area contributed by atoms with Crippen LogP contribution in [-0.4, -0.2) is 14.2 Å². The highest BCUT2D eigenvalue weighted by Gasteiger charge is 2.16. The molecule has 6 heteroatoms. The van der Waals surface area contributed by atoms with Crippen molar-refractivity contribution in [3.05, 3.63) is 35.6 Å². The van der Waals surface area contributed by atoms with Crippen LogP contribution in [0.1, 0.15) is 18.2 Å². The maximum atomic E-state index is 13.4. The molecule has 0 aliphatic heterocycles. The van der Waals surface area contributed by atoms with E-state index in [1.165, 1.54) is 18.2 Å². The molecular formula is C9H11F2NO2S. The summed E-state index contributed by atoms with van der Waals surface area (Å²) in [5.41, 5.74) is -0.138. The molecule has 0 radical (unpaired) electrons. The van der Waals surface area contributed by atoms with Crippen molar-refractivity contribution in [3.8, 4) is 0 Å². The molecule has 0 saturated heterocycles. The van der Waals surface area contributed by atoms with Crippen molar-refractivity contribution in [2.24, 2.45) is 5.14 Å². The third-order valence-electron chi connectivity index (χ3n) is 1.90. The summed E-state index contributed by atoms with van der Waals surface area (Å²) in [5, 5.41) is 4.71. The van der Waals surface area contributed by atoms with Gasteiger partial charge in [-0.2, -0.15) is 0 Å².